The van der Waals surface area contributed by atoms with E-state index in [-0.39, 0.29) is 0 Å². The molecule has 2 nitrogen and oxygen atoms in total. The molecular weight excluding hydrogens is 208 g/mol. The zero-order valence-corrected chi connectivity index (χ0v) is 9.80. The maximum atomic E-state index is 5.81. The van der Waals surface area contributed by atoms with E-state index in [1.807, 2.05) is 12.1 Å². The summed E-state index contributed by atoms with van der Waals surface area (Å²) < 4.78 is 0. The summed E-state index contributed by atoms with van der Waals surface area (Å²) in [6.45, 7) is 3.36. The van der Waals surface area contributed by atoms with E-state index >= 15 is 0 Å². The molecule has 0 saturated heterocycles. The van der Waals surface area contributed by atoms with Crippen molar-refractivity contribution in [3.63, 3.8) is 0 Å². The van der Waals surface area contributed by atoms with E-state index in [9.17, 15) is 0 Å². The number of aromatic nitrogens is 1. The number of pyridine rings is 1. The zero-order valence-electron chi connectivity index (χ0n) is 9.04. The highest BCUT2D eigenvalue weighted by Crippen LogP contribution is 2.30. The standard InChI is InChI=1S/C12H17ClN2/c1-9-5-6-10(7-9)8-14-12-4-2-3-11(13)15-12/h2-4,9-10H,5-8H2,1H3,(H,14,15). The Hall–Kier alpha value is -0.760. The number of anilines is 1. The van der Waals surface area contributed by atoms with E-state index < -0.39 is 0 Å². The Labute approximate surface area is 96.1 Å². The van der Waals surface area contributed by atoms with Crippen LogP contribution in [0.2, 0.25) is 5.15 Å². The molecule has 1 heterocycles. The van der Waals surface area contributed by atoms with Gasteiger partial charge in [-0.15, -0.1) is 0 Å². The quantitative estimate of drug-likeness (QED) is 0.794. The average molecular weight is 225 g/mol. The molecule has 2 rings (SSSR count). The Morgan fingerprint density at radius 1 is 1.47 bits per heavy atom. The number of nitrogens with zero attached hydrogens (tertiary/aromatic N) is 1. The van der Waals surface area contributed by atoms with Crippen LogP contribution in [0.25, 0.3) is 0 Å². The van der Waals surface area contributed by atoms with Crippen molar-refractivity contribution in [3.05, 3.63) is 23.4 Å². The molecule has 1 aromatic rings. The lowest BCUT2D eigenvalue weighted by Gasteiger charge is -2.11. The van der Waals surface area contributed by atoms with Crippen molar-refractivity contribution in [2.45, 2.75) is 26.2 Å². The molecule has 0 aliphatic heterocycles. The maximum Gasteiger partial charge on any atom is 0.131 e. The van der Waals surface area contributed by atoms with E-state index in [1.165, 1.54) is 19.3 Å². The van der Waals surface area contributed by atoms with Gasteiger partial charge in [0.15, 0.2) is 0 Å². The normalized spacial score (nSPS) is 25.5. The van der Waals surface area contributed by atoms with E-state index in [4.69, 9.17) is 11.6 Å². The lowest BCUT2D eigenvalue weighted by Crippen LogP contribution is -2.12. The van der Waals surface area contributed by atoms with Gasteiger partial charge in [-0.25, -0.2) is 4.98 Å². The van der Waals surface area contributed by atoms with Gasteiger partial charge >= 0.3 is 0 Å². The molecule has 2 atom stereocenters. The third-order valence-electron chi connectivity index (χ3n) is 3.09. The van der Waals surface area contributed by atoms with Crippen molar-refractivity contribution in [2.24, 2.45) is 11.8 Å². The first kappa shape index (κ1) is 10.7. The van der Waals surface area contributed by atoms with Crippen molar-refractivity contribution in [1.29, 1.82) is 0 Å². The van der Waals surface area contributed by atoms with Crippen LogP contribution in [0.4, 0.5) is 5.82 Å². The zero-order chi connectivity index (χ0) is 10.7. The molecule has 2 unspecified atom stereocenters. The molecule has 0 radical (unpaired) electrons. The summed E-state index contributed by atoms with van der Waals surface area (Å²) in [5.74, 6) is 2.59. The monoisotopic (exact) mass is 224 g/mol. The number of nitrogens with one attached hydrogen (secondary N) is 1. The molecule has 82 valence electrons. The predicted molar refractivity (Wildman–Crippen MR) is 64.2 cm³/mol. The minimum Gasteiger partial charge on any atom is -0.370 e. The molecule has 1 fully saturated rings. The van der Waals surface area contributed by atoms with Gasteiger partial charge in [-0.1, -0.05) is 31.0 Å². The van der Waals surface area contributed by atoms with Crippen LogP contribution in [0.1, 0.15) is 26.2 Å². The Bertz CT molecular complexity index is 327. The molecule has 1 aliphatic carbocycles. The first-order valence-electron chi connectivity index (χ1n) is 5.60. The number of hydrogen-bond donors (Lipinski definition) is 1. The van der Waals surface area contributed by atoms with Crippen molar-refractivity contribution in [2.75, 3.05) is 11.9 Å². The smallest absolute Gasteiger partial charge is 0.131 e. The van der Waals surface area contributed by atoms with Gasteiger partial charge in [0.2, 0.25) is 0 Å². The van der Waals surface area contributed by atoms with Gasteiger partial charge in [-0.3, -0.25) is 0 Å². The molecule has 3 heteroatoms. The van der Waals surface area contributed by atoms with Gasteiger partial charge in [-0.2, -0.15) is 0 Å². The van der Waals surface area contributed by atoms with Crippen molar-refractivity contribution < 1.29 is 0 Å². The molecule has 15 heavy (non-hydrogen) atoms. The van der Waals surface area contributed by atoms with Gasteiger partial charge < -0.3 is 5.32 Å². The predicted octanol–water partition coefficient (Wildman–Crippen LogP) is 3.58. The van der Waals surface area contributed by atoms with Crippen LogP contribution in [0.15, 0.2) is 18.2 Å². The van der Waals surface area contributed by atoms with Gasteiger partial charge in [-0.05, 0) is 36.8 Å². The van der Waals surface area contributed by atoms with Crippen molar-refractivity contribution >= 4 is 17.4 Å². The second-order valence-electron chi connectivity index (χ2n) is 4.51. The second kappa shape index (κ2) is 4.84. The highest BCUT2D eigenvalue weighted by molar-refractivity contribution is 6.29. The van der Waals surface area contributed by atoms with Gasteiger partial charge in [0.05, 0.1) is 0 Å². The van der Waals surface area contributed by atoms with Crippen molar-refractivity contribution in [1.82, 2.24) is 4.98 Å². The second-order valence-corrected chi connectivity index (χ2v) is 4.90. The first-order chi connectivity index (χ1) is 7.24. The summed E-state index contributed by atoms with van der Waals surface area (Å²) in [5.41, 5.74) is 0. The van der Waals surface area contributed by atoms with Crippen LogP contribution in [0.5, 0.6) is 0 Å². The SMILES string of the molecule is CC1CCC(CNc2cccc(Cl)n2)C1. The Balaban J connectivity index is 1.83. The Morgan fingerprint density at radius 2 is 2.33 bits per heavy atom. The van der Waals surface area contributed by atoms with E-state index in [2.05, 4.69) is 17.2 Å². The van der Waals surface area contributed by atoms with E-state index in [1.54, 1.807) is 6.07 Å². The van der Waals surface area contributed by atoms with Gasteiger partial charge in [0.25, 0.3) is 0 Å². The van der Waals surface area contributed by atoms with Crippen LogP contribution in [-0.2, 0) is 0 Å². The Morgan fingerprint density at radius 3 is 3.00 bits per heavy atom. The minimum atomic E-state index is 0.555. The first-order valence-corrected chi connectivity index (χ1v) is 5.98. The molecule has 0 aromatic carbocycles. The summed E-state index contributed by atoms with van der Waals surface area (Å²) in [6.07, 6.45) is 4.05. The molecule has 1 saturated carbocycles. The van der Waals surface area contributed by atoms with Crippen LogP contribution < -0.4 is 5.32 Å². The third-order valence-corrected chi connectivity index (χ3v) is 3.30. The summed E-state index contributed by atoms with van der Waals surface area (Å²) in [5, 5.41) is 3.91. The topological polar surface area (TPSA) is 24.9 Å². The fourth-order valence-electron chi connectivity index (χ4n) is 2.27. The number of hydrogen-bond acceptors (Lipinski definition) is 2. The highest BCUT2D eigenvalue weighted by Gasteiger charge is 2.20. The fourth-order valence-corrected chi connectivity index (χ4v) is 2.43. The summed E-state index contributed by atoms with van der Waals surface area (Å²) in [4.78, 5) is 4.21. The molecule has 0 bridgehead atoms. The van der Waals surface area contributed by atoms with Crippen LogP contribution in [-0.4, -0.2) is 11.5 Å². The summed E-state index contributed by atoms with van der Waals surface area (Å²) in [6, 6.07) is 5.68. The largest absolute Gasteiger partial charge is 0.370 e. The van der Waals surface area contributed by atoms with E-state index in [0.717, 1.165) is 24.2 Å². The van der Waals surface area contributed by atoms with Gasteiger partial charge in [0, 0.05) is 6.54 Å². The molecule has 1 N–H and O–H groups in total. The lowest BCUT2D eigenvalue weighted by molar-refractivity contribution is 0.536. The number of rotatable bonds is 3. The fraction of sp³-hybridized carbons (Fsp3) is 0.583. The average Bonchev–Trinajstić information content (AvgIpc) is 2.62. The van der Waals surface area contributed by atoms with Gasteiger partial charge in [0.1, 0.15) is 11.0 Å². The van der Waals surface area contributed by atoms with E-state index in [0.29, 0.717) is 5.15 Å². The van der Waals surface area contributed by atoms with Crippen LogP contribution >= 0.6 is 11.6 Å². The molecule has 0 amide bonds. The minimum absolute atomic E-state index is 0.555. The van der Waals surface area contributed by atoms with Crippen LogP contribution in [0.3, 0.4) is 0 Å². The summed E-state index contributed by atoms with van der Waals surface area (Å²) in [7, 11) is 0. The molecule has 1 aromatic heterocycles. The molecular formula is C12H17ClN2. The summed E-state index contributed by atoms with van der Waals surface area (Å²) >= 11 is 5.81. The van der Waals surface area contributed by atoms with Crippen molar-refractivity contribution in [3.8, 4) is 0 Å². The molecule has 0 spiro atoms. The third kappa shape index (κ3) is 3.10. The van der Waals surface area contributed by atoms with Crippen LogP contribution in [0, 0.1) is 11.8 Å². The molecule has 1 aliphatic rings. The maximum absolute atomic E-state index is 5.81. The number of halogens is 1. The highest BCUT2D eigenvalue weighted by atomic mass is 35.5. The lowest BCUT2D eigenvalue weighted by atomic mass is 10.1. The Kier molecular flexibility index (Phi) is 3.47.